The molecule has 0 atom stereocenters. The maximum atomic E-state index is 11.0. The van der Waals surface area contributed by atoms with Gasteiger partial charge in [0.2, 0.25) is 0 Å². The molecular formula is C22H29FO6. The third-order valence-electron chi connectivity index (χ3n) is 2.60. The minimum Gasteiger partial charge on any atom is -0.423 e. The van der Waals surface area contributed by atoms with Crippen molar-refractivity contribution in [3.05, 3.63) is 85.0 Å². The summed E-state index contributed by atoms with van der Waals surface area (Å²) in [6.45, 7) is 10.2. The molecule has 0 saturated carbocycles. The summed E-state index contributed by atoms with van der Waals surface area (Å²) in [6.07, 6.45) is 0. The number of esters is 2. The van der Waals surface area contributed by atoms with Crippen LogP contribution >= 0.6 is 0 Å². The van der Waals surface area contributed by atoms with E-state index in [1.807, 2.05) is 12.1 Å². The first-order valence-electron chi connectivity index (χ1n) is 8.15. The molecule has 0 amide bonds. The molecule has 7 heteroatoms. The average Bonchev–Trinajstić information content (AvgIpc) is 2.73. The van der Waals surface area contributed by atoms with Crippen LogP contribution in [-0.2, 0) is 9.59 Å². The number of aliphatic hydroxyl groups is 2. The lowest BCUT2D eigenvalue weighted by atomic mass is 10.3. The normalized spacial score (nSPS) is 7.93. The molecule has 0 unspecified atom stereocenters. The van der Waals surface area contributed by atoms with Gasteiger partial charge in [-0.1, -0.05) is 49.6 Å². The Balaban J connectivity index is -0.000000386. The topological polar surface area (TPSA) is 93.1 Å². The predicted octanol–water partition coefficient (Wildman–Crippen LogP) is 3.71. The monoisotopic (exact) mass is 408 g/mol. The summed E-state index contributed by atoms with van der Waals surface area (Å²) in [7, 11) is 2.00. The summed E-state index contributed by atoms with van der Waals surface area (Å²) in [5.41, 5.74) is 0.803. The summed E-state index contributed by atoms with van der Waals surface area (Å²) in [5.74, 6) is 0.318. The lowest BCUT2D eigenvalue weighted by Crippen LogP contribution is -2.07. The number of aliphatic hydroxyl groups excluding tert-OH is 2. The molecule has 2 N–H and O–H groups in total. The van der Waals surface area contributed by atoms with Crippen LogP contribution in [0.5, 0.6) is 11.5 Å². The number of benzene rings is 2. The van der Waals surface area contributed by atoms with Crippen molar-refractivity contribution in [2.45, 2.75) is 13.8 Å². The summed E-state index contributed by atoms with van der Waals surface area (Å²) in [6, 6.07) is 17.8. The van der Waals surface area contributed by atoms with E-state index in [1.54, 1.807) is 62.4 Å². The minimum atomic E-state index is -0.388. The fourth-order valence-corrected chi connectivity index (χ4v) is 1.37. The lowest BCUT2D eigenvalue weighted by Gasteiger charge is -2.01. The highest BCUT2D eigenvalue weighted by Gasteiger charge is 2.04. The van der Waals surface area contributed by atoms with Crippen LogP contribution in [0.3, 0.4) is 0 Å². The van der Waals surface area contributed by atoms with Crippen LogP contribution in [0.4, 0.5) is 4.70 Å². The van der Waals surface area contributed by atoms with E-state index in [0.29, 0.717) is 22.6 Å². The number of rotatable bonds is 4. The van der Waals surface area contributed by atoms with E-state index >= 15 is 0 Å². The maximum absolute atomic E-state index is 11.0. The number of halogens is 1. The number of carbonyl (C=O) groups is 2. The second-order valence-electron chi connectivity index (χ2n) is 4.97. The number of carbonyl (C=O) groups excluding carboxylic acids is 2. The van der Waals surface area contributed by atoms with Gasteiger partial charge in [0.1, 0.15) is 11.5 Å². The number of para-hydroxylation sites is 2. The van der Waals surface area contributed by atoms with Gasteiger partial charge in [0, 0.05) is 25.4 Å². The average molecular weight is 408 g/mol. The van der Waals surface area contributed by atoms with Gasteiger partial charge in [0.25, 0.3) is 0 Å². The molecule has 0 aromatic heterocycles. The van der Waals surface area contributed by atoms with E-state index in [9.17, 15) is 9.59 Å². The molecule has 0 radical (unpaired) electrons. The number of ether oxygens (including phenoxy) is 2. The van der Waals surface area contributed by atoms with Crippen LogP contribution in [0.2, 0.25) is 0 Å². The van der Waals surface area contributed by atoms with Crippen molar-refractivity contribution in [2.24, 2.45) is 0 Å². The van der Waals surface area contributed by atoms with Gasteiger partial charge in [-0.3, -0.25) is 4.70 Å². The molecule has 6 nitrogen and oxygen atoms in total. The standard InChI is InChI=1S/2C10H10O2.2CH4O.FH/c2*1-8(2)10(11)12-9-6-4-3-5-7-9;2*1-2;/h2*3-7H,1H2,2H3;2*2H,1H3;1H. The quantitative estimate of drug-likeness (QED) is 0.455. The molecule has 2 aromatic rings. The molecule has 0 aliphatic carbocycles. The SMILES string of the molecule is C=C(C)C(=O)Oc1ccccc1.C=C(C)C(=O)Oc1ccccc1.CO.CO.F. The van der Waals surface area contributed by atoms with Gasteiger partial charge in [-0.25, -0.2) is 9.59 Å². The largest absolute Gasteiger partial charge is 0.423 e. The van der Waals surface area contributed by atoms with E-state index < -0.39 is 0 Å². The van der Waals surface area contributed by atoms with Gasteiger partial charge in [0.05, 0.1) is 0 Å². The Hall–Kier alpha value is -3.29. The molecular weight excluding hydrogens is 379 g/mol. The van der Waals surface area contributed by atoms with Gasteiger partial charge in [-0.05, 0) is 38.1 Å². The van der Waals surface area contributed by atoms with Crippen LogP contribution in [-0.4, -0.2) is 36.4 Å². The van der Waals surface area contributed by atoms with Crippen LogP contribution in [0.25, 0.3) is 0 Å². The molecule has 0 spiro atoms. The number of hydrogen-bond donors (Lipinski definition) is 2. The third kappa shape index (κ3) is 15.5. The molecule has 0 bridgehead atoms. The van der Waals surface area contributed by atoms with Crippen molar-refractivity contribution in [1.29, 1.82) is 0 Å². The van der Waals surface area contributed by atoms with Gasteiger partial charge in [-0.15, -0.1) is 0 Å². The highest BCUT2D eigenvalue weighted by Crippen LogP contribution is 2.10. The van der Waals surface area contributed by atoms with Crippen LogP contribution < -0.4 is 9.47 Å². The van der Waals surface area contributed by atoms with Gasteiger partial charge in [-0.2, -0.15) is 0 Å². The summed E-state index contributed by atoms with van der Waals surface area (Å²) < 4.78 is 9.87. The zero-order valence-electron chi connectivity index (χ0n) is 17.1. The Morgan fingerprint density at radius 1 is 0.655 bits per heavy atom. The molecule has 2 rings (SSSR count). The number of hydrogen-bond acceptors (Lipinski definition) is 6. The Labute approximate surface area is 171 Å². The van der Waals surface area contributed by atoms with Crippen molar-refractivity contribution in [3.8, 4) is 11.5 Å². The van der Waals surface area contributed by atoms with E-state index in [4.69, 9.17) is 19.7 Å². The summed E-state index contributed by atoms with van der Waals surface area (Å²) >= 11 is 0. The van der Waals surface area contributed by atoms with E-state index in [0.717, 1.165) is 14.2 Å². The van der Waals surface area contributed by atoms with E-state index in [1.165, 1.54) is 0 Å². The second-order valence-corrected chi connectivity index (χ2v) is 4.97. The fraction of sp³-hybridized carbons (Fsp3) is 0.182. The molecule has 0 saturated heterocycles. The maximum Gasteiger partial charge on any atom is 0.338 e. The summed E-state index contributed by atoms with van der Waals surface area (Å²) in [4.78, 5) is 22.0. The third-order valence-corrected chi connectivity index (χ3v) is 2.60. The molecule has 0 fully saturated rings. The van der Waals surface area contributed by atoms with E-state index in [2.05, 4.69) is 13.2 Å². The van der Waals surface area contributed by atoms with Crippen molar-refractivity contribution in [3.63, 3.8) is 0 Å². The van der Waals surface area contributed by atoms with Gasteiger partial charge >= 0.3 is 11.9 Å². The minimum absolute atomic E-state index is 0. The lowest BCUT2D eigenvalue weighted by molar-refractivity contribution is -0.130. The van der Waals surface area contributed by atoms with Crippen molar-refractivity contribution in [2.75, 3.05) is 14.2 Å². The second kappa shape index (κ2) is 19.5. The Morgan fingerprint density at radius 3 is 1.10 bits per heavy atom. The Morgan fingerprint density at radius 2 is 0.897 bits per heavy atom. The van der Waals surface area contributed by atoms with Crippen molar-refractivity contribution >= 4 is 11.9 Å². The predicted molar refractivity (Wildman–Crippen MR) is 113 cm³/mol. The van der Waals surface area contributed by atoms with Crippen LogP contribution in [0.15, 0.2) is 85.0 Å². The highest BCUT2D eigenvalue weighted by molar-refractivity contribution is 5.89. The first kappa shape index (κ1) is 30.4. The molecule has 2 aromatic carbocycles. The molecule has 0 aliphatic rings. The Bertz CT molecular complexity index is 651. The van der Waals surface area contributed by atoms with Crippen molar-refractivity contribution in [1.82, 2.24) is 0 Å². The zero-order valence-corrected chi connectivity index (χ0v) is 17.1. The molecule has 0 aliphatic heterocycles. The van der Waals surface area contributed by atoms with E-state index in [-0.39, 0.29) is 16.6 Å². The molecule has 160 valence electrons. The first-order valence-corrected chi connectivity index (χ1v) is 8.15. The summed E-state index contributed by atoms with van der Waals surface area (Å²) in [5, 5.41) is 14.0. The van der Waals surface area contributed by atoms with Crippen LogP contribution in [0, 0.1) is 0 Å². The first-order chi connectivity index (χ1) is 13.4. The molecule has 0 heterocycles. The fourth-order valence-electron chi connectivity index (χ4n) is 1.37. The smallest absolute Gasteiger partial charge is 0.338 e. The zero-order chi connectivity index (χ0) is 21.9. The molecule has 29 heavy (non-hydrogen) atoms. The Kier molecular flexibility index (Phi) is 20.4. The van der Waals surface area contributed by atoms with Gasteiger partial charge in [0.15, 0.2) is 0 Å². The highest BCUT2D eigenvalue weighted by atomic mass is 19.0. The van der Waals surface area contributed by atoms with Crippen LogP contribution in [0.1, 0.15) is 13.8 Å². The van der Waals surface area contributed by atoms with Gasteiger partial charge < -0.3 is 19.7 Å². The van der Waals surface area contributed by atoms with Crippen molar-refractivity contribution < 1.29 is 34.0 Å².